The normalized spacial score (nSPS) is 12.1. The molecule has 0 spiro atoms. The average molecular weight is 342 g/mol. The quantitative estimate of drug-likeness (QED) is 0.905. The molecule has 0 saturated heterocycles. The number of benzene rings is 2. The van der Waals surface area contributed by atoms with Crippen molar-refractivity contribution in [2.75, 3.05) is 5.75 Å². The Morgan fingerprint density at radius 1 is 1.05 bits per heavy atom. The lowest BCUT2D eigenvalue weighted by molar-refractivity contribution is -0.115. The highest BCUT2D eigenvalue weighted by molar-refractivity contribution is 7.84. The maximum Gasteiger partial charge on any atom is 0.230 e. The summed E-state index contributed by atoms with van der Waals surface area (Å²) in [7, 11) is -1.30. The van der Waals surface area contributed by atoms with Crippen LogP contribution in [0, 0.1) is 0 Å². The zero-order valence-electron chi connectivity index (χ0n) is 11.0. The van der Waals surface area contributed by atoms with E-state index in [2.05, 4.69) is 0 Å². The van der Waals surface area contributed by atoms with Crippen LogP contribution in [-0.4, -0.2) is 15.9 Å². The lowest BCUT2D eigenvalue weighted by atomic mass is 10.0. The molecule has 0 saturated carbocycles. The first kappa shape index (κ1) is 16.0. The largest absolute Gasteiger partial charge is 0.369 e. The molecule has 1 atom stereocenters. The van der Waals surface area contributed by atoms with Crippen molar-refractivity contribution in [1.29, 1.82) is 0 Å². The molecule has 2 aromatic carbocycles. The van der Waals surface area contributed by atoms with Crippen LogP contribution in [0.15, 0.2) is 42.5 Å². The number of primary amides is 1. The number of hydrogen-bond donors (Lipinski definition) is 1. The summed E-state index contributed by atoms with van der Waals surface area (Å²) < 4.78 is 11.7. The van der Waals surface area contributed by atoms with Crippen LogP contribution in [-0.2, 0) is 21.3 Å². The minimum absolute atomic E-state index is 0.128. The summed E-state index contributed by atoms with van der Waals surface area (Å²) in [5.74, 6) is -0.399. The Hall–Kier alpha value is -1.36. The molecule has 0 aliphatic heterocycles. The van der Waals surface area contributed by atoms with Crippen molar-refractivity contribution in [1.82, 2.24) is 0 Å². The first-order valence-electron chi connectivity index (χ1n) is 6.13. The van der Waals surface area contributed by atoms with E-state index in [0.717, 1.165) is 16.7 Å². The van der Waals surface area contributed by atoms with Gasteiger partial charge >= 0.3 is 0 Å². The SMILES string of the molecule is NC(=O)C[S@@](=O)Cc1cccc(-c2ccc(Cl)c(Cl)c2)c1. The van der Waals surface area contributed by atoms with Gasteiger partial charge in [0.05, 0.1) is 10.0 Å². The van der Waals surface area contributed by atoms with E-state index in [4.69, 9.17) is 28.9 Å². The lowest BCUT2D eigenvalue weighted by Crippen LogP contribution is -2.20. The number of rotatable bonds is 5. The van der Waals surface area contributed by atoms with Crippen molar-refractivity contribution < 1.29 is 9.00 Å². The van der Waals surface area contributed by atoms with E-state index >= 15 is 0 Å². The standard InChI is InChI=1S/C15H13Cl2NO2S/c16-13-5-4-12(7-14(13)17)11-3-1-2-10(6-11)8-21(20)9-15(18)19/h1-7H,8-9H2,(H2,18,19)/t21-/m0/s1. The number of hydrogen-bond acceptors (Lipinski definition) is 2. The van der Waals surface area contributed by atoms with Gasteiger partial charge in [-0.2, -0.15) is 0 Å². The summed E-state index contributed by atoms with van der Waals surface area (Å²) in [5, 5.41) is 0.982. The Morgan fingerprint density at radius 3 is 2.43 bits per heavy atom. The molecule has 0 radical (unpaired) electrons. The summed E-state index contributed by atoms with van der Waals surface area (Å²) in [6.45, 7) is 0. The predicted octanol–water partition coefficient (Wildman–Crippen LogP) is 3.39. The molecule has 2 rings (SSSR count). The Bertz CT molecular complexity index is 704. The molecule has 0 aromatic heterocycles. The fourth-order valence-electron chi connectivity index (χ4n) is 1.91. The number of carbonyl (C=O) groups excluding carboxylic acids is 1. The fourth-order valence-corrected chi connectivity index (χ4v) is 3.18. The molecule has 0 heterocycles. The van der Waals surface area contributed by atoms with E-state index in [-0.39, 0.29) is 11.5 Å². The van der Waals surface area contributed by atoms with E-state index in [1.54, 1.807) is 12.1 Å². The second kappa shape index (κ2) is 7.07. The summed E-state index contributed by atoms with van der Waals surface area (Å²) in [4.78, 5) is 10.8. The molecule has 0 fully saturated rings. The third-order valence-electron chi connectivity index (χ3n) is 2.81. The molecule has 0 unspecified atom stereocenters. The van der Waals surface area contributed by atoms with E-state index in [9.17, 15) is 9.00 Å². The van der Waals surface area contributed by atoms with Gasteiger partial charge in [-0.05, 0) is 28.8 Å². The van der Waals surface area contributed by atoms with Crippen LogP contribution in [0.5, 0.6) is 0 Å². The second-order valence-electron chi connectivity index (χ2n) is 4.52. The minimum Gasteiger partial charge on any atom is -0.369 e. The Kier molecular flexibility index (Phi) is 5.39. The minimum atomic E-state index is -1.30. The third-order valence-corrected chi connectivity index (χ3v) is 4.81. The maximum absolute atomic E-state index is 11.7. The zero-order chi connectivity index (χ0) is 15.4. The van der Waals surface area contributed by atoms with Crippen molar-refractivity contribution in [3.05, 3.63) is 58.1 Å². The molecule has 2 aromatic rings. The smallest absolute Gasteiger partial charge is 0.230 e. The van der Waals surface area contributed by atoms with Gasteiger partial charge in [0.15, 0.2) is 0 Å². The van der Waals surface area contributed by atoms with Crippen molar-refractivity contribution in [3.63, 3.8) is 0 Å². The molecule has 2 N–H and O–H groups in total. The first-order chi connectivity index (χ1) is 9.95. The van der Waals surface area contributed by atoms with Gasteiger partial charge < -0.3 is 5.73 Å². The number of carbonyl (C=O) groups is 1. The Labute approximate surface area is 135 Å². The lowest BCUT2D eigenvalue weighted by Gasteiger charge is -2.06. The summed E-state index contributed by atoms with van der Waals surface area (Å²) in [5.41, 5.74) is 7.78. The van der Waals surface area contributed by atoms with Crippen molar-refractivity contribution in [2.24, 2.45) is 5.73 Å². The Morgan fingerprint density at radius 2 is 1.76 bits per heavy atom. The maximum atomic E-state index is 11.7. The van der Waals surface area contributed by atoms with Crippen molar-refractivity contribution in [3.8, 4) is 11.1 Å². The van der Waals surface area contributed by atoms with Crippen LogP contribution < -0.4 is 5.73 Å². The topological polar surface area (TPSA) is 60.2 Å². The Balaban J connectivity index is 2.23. The predicted molar refractivity (Wildman–Crippen MR) is 87.8 cm³/mol. The highest BCUT2D eigenvalue weighted by atomic mass is 35.5. The number of halogens is 2. The molecule has 1 amide bonds. The van der Waals surface area contributed by atoms with E-state index in [0.29, 0.717) is 10.0 Å². The van der Waals surface area contributed by atoms with Crippen LogP contribution in [0.4, 0.5) is 0 Å². The van der Waals surface area contributed by atoms with Crippen LogP contribution in [0.1, 0.15) is 5.56 Å². The highest BCUT2D eigenvalue weighted by Gasteiger charge is 2.07. The fraction of sp³-hybridized carbons (Fsp3) is 0.133. The van der Waals surface area contributed by atoms with Crippen LogP contribution in [0.3, 0.4) is 0 Å². The highest BCUT2D eigenvalue weighted by Crippen LogP contribution is 2.29. The molecule has 3 nitrogen and oxygen atoms in total. The van der Waals surface area contributed by atoms with Gasteiger partial charge in [0.25, 0.3) is 0 Å². The molecule has 0 bridgehead atoms. The van der Waals surface area contributed by atoms with Crippen LogP contribution in [0.2, 0.25) is 10.0 Å². The summed E-state index contributed by atoms with van der Waals surface area (Å²) >= 11 is 11.9. The molecule has 6 heteroatoms. The molecule has 0 aliphatic rings. The molecular weight excluding hydrogens is 329 g/mol. The van der Waals surface area contributed by atoms with E-state index < -0.39 is 16.7 Å². The van der Waals surface area contributed by atoms with Gasteiger partial charge in [-0.1, -0.05) is 53.5 Å². The molecular formula is C15H13Cl2NO2S. The van der Waals surface area contributed by atoms with Gasteiger partial charge in [-0.15, -0.1) is 0 Å². The summed E-state index contributed by atoms with van der Waals surface area (Å²) in [6.07, 6.45) is 0. The summed E-state index contributed by atoms with van der Waals surface area (Å²) in [6, 6.07) is 13.0. The van der Waals surface area contributed by atoms with Gasteiger partial charge in [-0.25, -0.2) is 0 Å². The average Bonchev–Trinajstić information content (AvgIpc) is 2.41. The number of amides is 1. The monoisotopic (exact) mass is 341 g/mol. The molecule has 21 heavy (non-hydrogen) atoms. The van der Waals surface area contributed by atoms with Crippen LogP contribution in [0.25, 0.3) is 11.1 Å². The van der Waals surface area contributed by atoms with E-state index in [1.165, 1.54) is 0 Å². The van der Waals surface area contributed by atoms with Gasteiger partial charge in [0, 0.05) is 16.6 Å². The molecule has 0 aliphatic carbocycles. The van der Waals surface area contributed by atoms with Gasteiger partial charge in [0.1, 0.15) is 5.75 Å². The second-order valence-corrected chi connectivity index (χ2v) is 6.80. The number of nitrogens with two attached hydrogens (primary N) is 1. The van der Waals surface area contributed by atoms with Crippen LogP contribution >= 0.6 is 23.2 Å². The van der Waals surface area contributed by atoms with Crippen molar-refractivity contribution >= 4 is 39.9 Å². The molecule has 110 valence electrons. The zero-order valence-corrected chi connectivity index (χ0v) is 13.3. The third kappa shape index (κ3) is 4.56. The van der Waals surface area contributed by atoms with E-state index in [1.807, 2.05) is 30.3 Å². The van der Waals surface area contributed by atoms with Crippen molar-refractivity contribution in [2.45, 2.75) is 5.75 Å². The first-order valence-corrected chi connectivity index (χ1v) is 8.38. The van der Waals surface area contributed by atoms with Gasteiger partial charge in [0.2, 0.25) is 5.91 Å². The van der Waals surface area contributed by atoms with Gasteiger partial charge in [-0.3, -0.25) is 9.00 Å².